The van der Waals surface area contributed by atoms with Crippen LogP contribution in [-0.4, -0.2) is 43.9 Å². The van der Waals surface area contributed by atoms with Gasteiger partial charge in [-0.25, -0.2) is 13.4 Å². The average Bonchev–Trinajstić information content (AvgIpc) is 2.47. The Labute approximate surface area is 135 Å². The van der Waals surface area contributed by atoms with E-state index in [9.17, 15) is 8.42 Å². The summed E-state index contributed by atoms with van der Waals surface area (Å²) < 4.78 is 26.6. The highest BCUT2D eigenvalue weighted by molar-refractivity contribution is 7.89. The van der Waals surface area contributed by atoms with Crippen molar-refractivity contribution < 1.29 is 8.42 Å². The Morgan fingerprint density at radius 2 is 1.86 bits per heavy atom. The van der Waals surface area contributed by atoms with Gasteiger partial charge in [-0.3, -0.25) is 0 Å². The molecule has 22 heavy (non-hydrogen) atoms. The highest BCUT2D eigenvalue weighted by Crippen LogP contribution is 2.25. The number of nitrogens with zero attached hydrogens (tertiary/aromatic N) is 3. The maximum Gasteiger partial charge on any atom is 0.243 e. The molecule has 0 saturated carbocycles. The van der Waals surface area contributed by atoms with Gasteiger partial charge < -0.3 is 4.90 Å². The van der Waals surface area contributed by atoms with Gasteiger partial charge in [0.15, 0.2) is 0 Å². The van der Waals surface area contributed by atoms with E-state index in [0.29, 0.717) is 18.1 Å². The second kappa shape index (κ2) is 5.87. The van der Waals surface area contributed by atoms with E-state index in [-0.39, 0.29) is 10.9 Å². The van der Waals surface area contributed by atoms with Crippen LogP contribution in [0.2, 0.25) is 5.02 Å². The van der Waals surface area contributed by atoms with Crippen molar-refractivity contribution >= 4 is 27.4 Å². The topological polar surface area (TPSA) is 53.5 Å². The van der Waals surface area contributed by atoms with Crippen LogP contribution in [0.3, 0.4) is 0 Å². The van der Waals surface area contributed by atoms with Gasteiger partial charge in [-0.15, -0.1) is 0 Å². The summed E-state index contributed by atoms with van der Waals surface area (Å²) in [5, 5.41) is 0.520. The fraction of sp³-hybridized carbons (Fsp3) is 0.267. The van der Waals surface area contributed by atoms with Crippen molar-refractivity contribution in [1.82, 2.24) is 9.29 Å². The van der Waals surface area contributed by atoms with Crippen molar-refractivity contribution in [2.75, 3.05) is 25.0 Å². The highest BCUT2D eigenvalue weighted by Gasteiger charge is 2.36. The number of hydrogen-bond acceptors (Lipinski definition) is 4. The summed E-state index contributed by atoms with van der Waals surface area (Å²) in [6, 6.07) is 11.9. The quantitative estimate of drug-likeness (QED) is 0.858. The second-order valence-corrected chi connectivity index (χ2v) is 7.66. The molecule has 116 valence electrons. The predicted octanol–water partition coefficient (Wildman–Crippen LogP) is 2.24. The van der Waals surface area contributed by atoms with Crippen molar-refractivity contribution in [3.8, 4) is 0 Å². The number of halogens is 1. The molecule has 0 unspecified atom stereocenters. The lowest BCUT2D eigenvalue weighted by Crippen LogP contribution is -2.60. The third-order valence-electron chi connectivity index (χ3n) is 3.84. The molecule has 0 N–H and O–H groups in total. The molecular weight excluding hydrogens is 322 g/mol. The number of rotatable bonds is 4. The summed E-state index contributed by atoms with van der Waals surface area (Å²) in [4.78, 5) is 6.58. The van der Waals surface area contributed by atoms with Crippen LogP contribution < -0.4 is 4.90 Å². The summed E-state index contributed by atoms with van der Waals surface area (Å²) in [7, 11) is -1.88. The molecule has 1 fully saturated rings. The predicted molar refractivity (Wildman–Crippen MR) is 86.6 cm³/mol. The molecule has 0 radical (unpaired) electrons. The van der Waals surface area contributed by atoms with Crippen LogP contribution >= 0.6 is 11.6 Å². The smallest absolute Gasteiger partial charge is 0.243 e. The molecule has 2 aromatic rings. The van der Waals surface area contributed by atoms with Crippen molar-refractivity contribution in [2.24, 2.45) is 0 Å². The summed E-state index contributed by atoms with van der Waals surface area (Å²) in [6.07, 6.45) is 1.73. The van der Waals surface area contributed by atoms with E-state index < -0.39 is 10.0 Å². The van der Waals surface area contributed by atoms with Crippen LogP contribution in [0.4, 0.5) is 5.82 Å². The summed E-state index contributed by atoms with van der Waals surface area (Å²) >= 11 is 5.81. The van der Waals surface area contributed by atoms with E-state index in [1.807, 2.05) is 18.2 Å². The van der Waals surface area contributed by atoms with Crippen molar-refractivity contribution in [1.29, 1.82) is 0 Å². The zero-order chi connectivity index (χ0) is 15.7. The first-order valence-electron chi connectivity index (χ1n) is 6.88. The Morgan fingerprint density at radius 3 is 2.45 bits per heavy atom. The molecule has 7 heteroatoms. The van der Waals surface area contributed by atoms with E-state index in [1.165, 1.54) is 16.4 Å². The van der Waals surface area contributed by atoms with Gasteiger partial charge in [0.25, 0.3) is 0 Å². The van der Waals surface area contributed by atoms with Gasteiger partial charge in [0.1, 0.15) is 5.82 Å². The lowest BCUT2D eigenvalue weighted by molar-refractivity contribution is 0.309. The van der Waals surface area contributed by atoms with Crippen molar-refractivity contribution in [3.05, 3.63) is 53.7 Å². The molecular formula is C15H16ClN3O2S. The van der Waals surface area contributed by atoms with Gasteiger partial charge in [0, 0.05) is 31.4 Å². The van der Waals surface area contributed by atoms with E-state index in [1.54, 1.807) is 25.4 Å². The first kappa shape index (κ1) is 15.3. The first-order chi connectivity index (χ1) is 10.5. The lowest BCUT2D eigenvalue weighted by Gasteiger charge is -2.43. The zero-order valence-electron chi connectivity index (χ0n) is 12.1. The standard InChI is InChI=1S/C15H16ClN3O2S/c1-18(22(20,21)14-7-5-12(16)6-8-14)13-10-19(11-13)15-4-2-3-9-17-15/h2-9,13H,10-11H2,1H3. The minimum absolute atomic E-state index is 0.0531. The van der Waals surface area contributed by atoms with Crippen LogP contribution in [-0.2, 0) is 10.0 Å². The fourth-order valence-corrected chi connectivity index (χ4v) is 3.85. The molecule has 0 atom stereocenters. The van der Waals surface area contributed by atoms with Crippen LogP contribution in [0.15, 0.2) is 53.6 Å². The van der Waals surface area contributed by atoms with Crippen LogP contribution in [0, 0.1) is 0 Å². The summed E-state index contributed by atoms with van der Waals surface area (Å²) in [5.74, 6) is 0.871. The van der Waals surface area contributed by atoms with Gasteiger partial charge in [0.2, 0.25) is 10.0 Å². The van der Waals surface area contributed by atoms with Crippen LogP contribution in [0.1, 0.15) is 0 Å². The third-order valence-corrected chi connectivity index (χ3v) is 6.02. The van der Waals surface area contributed by atoms with E-state index >= 15 is 0 Å². The molecule has 1 saturated heterocycles. The second-order valence-electron chi connectivity index (χ2n) is 5.22. The lowest BCUT2D eigenvalue weighted by atomic mass is 10.1. The monoisotopic (exact) mass is 337 g/mol. The fourth-order valence-electron chi connectivity index (χ4n) is 2.38. The van der Waals surface area contributed by atoms with Crippen molar-refractivity contribution in [2.45, 2.75) is 10.9 Å². The molecule has 1 aliphatic heterocycles. The molecule has 1 aliphatic rings. The van der Waals surface area contributed by atoms with Crippen molar-refractivity contribution in [3.63, 3.8) is 0 Å². The van der Waals surface area contributed by atoms with Gasteiger partial charge in [-0.05, 0) is 36.4 Å². The molecule has 0 aliphatic carbocycles. The molecule has 3 rings (SSSR count). The molecule has 2 heterocycles. The summed E-state index contributed by atoms with van der Waals surface area (Å²) in [6.45, 7) is 1.28. The Balaban J connectivity index is 1.70. The Bertz CT molecular complexity index is 744. The van der Waals surface area contributed by atoms with Gasteiger partial charge in [-0.1, -0.05) is 17.7 Å². The summed E-state index contributed by atoms with van der Waals surface area (Å²) in [5.41, 5.74) is 0. The van der Waals surface area contributed by atoms with Gasteiger partial charge >= 0.3 is 0 Å². The first-order valence-corrected chi connectivity index (χ1v) is 8.70. The van der Waals surface area contributed by atoms with Crippen LogP contribution in [0.5, 0.6) is 0 Å². The average molecular weight is 338 g/mol. The molecule has 5 nitrogen and oxygen atoms in total. The number of hydrogen-bond donors (Lipinski definition) is 0. The number of aromatic nitrogens is 1. The molecule has 1 aromatic carbocycles. The molecule has 0 amide bonds. The zero-order valence-corrected chi connectivity index (χ0v) is 13.6. The maximum absolute atomic E-state index is 12.6. The normalized spacial score (nSPS) is 15.9. The number of likely N-dealkylation sites (N-methyl/N-ethyl adjacent to an activating group) is 1. The minimum Gasteiger partial charge on any atom is -0.353 e. The van der Waals surface area contributed by atoms with E-state index in [0.717, 1.165) is 5.82 Å². The Hall–Kier alpha value is -1.63. The number of anilines is 1. The number of sulfonamides is 1. The Kier molecular flexibility index (Phi) is 4.08. The number of pyridine rings is 1. The van der Waals surface area contributed by atoms with Gasteiger partial charge in [-0.2, -0.15) is 4.31 Å². The highest BCUT2D eigenvalue weighted by atomic mass is 35.5. The molecule has 1 aromatic heterocycles. The molecule has 0 bridgehead atoms. The minimum atomic E-state index is -3.49. The maximum atomic E-state index is 12.6. The SMILES string of the molecule is CN(C1CN(c2ccccn2)C1)S(=O)(=O)c1ccc(Cl)cc1. The Morgan fingerprint density at radius 1 is 1.18 bits per heavy atom. The molecule has 0 spiro atoms. The largest absolute Gasteiger partial charge is 0.353 e. The number of benzene rings is 1. The van der Waals surface area contributed by atoms with E-state index in [2.05, 4.69) is 9.88 Å². The van der Waals surface area contributed by atoms with E-state index in [4.69, 9.17) is 11.6 Å². The van der Waals surface area contributed by atoms with Crippen LogP contribution in [0.25, 0.3) is 0 Å². The third kappa shape index (κ3) is 2.82. The van der Waals surface area contributed by atoms with Gasteiger partial charge in [0.05, 0.1) is 10.9 Å².